The number of H-pyrrole nitrogens is 1. The first-order valence-electron chi connectivity index (χ1n) is 11.2. The minimum Gasteiger partial charge on any atom is -0.479 e. The first-order valence-corrected chi connectivity index (χ1v) is 11.2. The molecule has 2 aromatic heterocycles. The molecule has 4 rings (SSSR count). The summed E-state index contributed by atoms with van der Waals surface area (Å²) in [5, 5.41) is 9.33. The molecule has 194 valence electrons. The van der Waals surface area contributed by atoms with Gasteiger partial charge in [0.15, 0.2) is 0 Å². The van der Waals surface area contributed by atoms with Crippen molar-refractivity contribution in [3.8, 4) is 11.6 Å². The van der Waals surface area contributed by atoms with E-state index in [-0.39, 0.29) is 18.7 Å². The summed E-state index contributed by atoms with van der Waals surface area (Å²) < 4.78 is 47.8. The predicted molar refractivity (Wildman–Crippen MR) is 129 cm³/mol. The number of likely N-dealkylation sites (tertiary alicyclic amines) is 1. The lowest BCUT2D eigenvalue weighted by Crippen LogP contribution is -2.42. The van der Waals surface area contributed by atoms with Crippen LogP contribution in [-0.2, 0) is 16.0 Å². The van der Waals surface area contributed by atoms with Gasteiger partial charge in [-0.2, -0.15) is 4.39 Å². The van der Waals surface area contributed by atoms with Crippen LogP contribution >= 0.6 is 0 Å². The maximum Gasteiger partial charge on any atom is 0.347 e. The Bertz CT molecular complexity index is 1480. The first kappa shape index (κ1) is 26.2. The molecule has 13 heteroatoms. The summed E-state index contributed by atoms with van der Waals surface area (Å²) in [6, 6.07) is 6.31. The van der Waals surface area contributed by atoms with E-state index >= 15 is 0 Å². The number of carbonyl (C=O) groups excluding carboxylic acids is 1. The molecule has 1 amide bonds. The van der Waals surface area contributed by atoms with E-state index in [1.165, 1.54) is 24.5 Å². The number of carboxylic acid groups (broad SMARTS) is 1. The highest BCUT2D eigenvalue weighted by Crippen LogP contribution is 2.30. The van der Waals surface area contributed by atoms with E-state index < -0.39 is 48.9 Å². The van der Waals surface area contributed by atoms with E-state index in [1.807, 2.05) is 0 Å². The number of ether oxygens (including phenoxy) is 1. The fourth-order valence-electron chi connectivity index (χ4n) is 4.04. The lowest BCUT2D eigenvalue weighted by Gasteiger charge is -2.21. The smallest absolute Gasteiger partial charge is 0.347 e. The molecule has 10 nitrogen and oxygen atoms in total. The Balaban J connectivity index is 1.66. The number of carboxylic acids is 1. The first-order chi connectivity index (χ1) is 18.2. The fraction of sp³-hybridized carbons (Fsp3) is 0.280. The van der Waals surface area contributed by atoms with Gasteiger partial charge < -0.3 is 14.8 Å². The van der Waals surface area contributed by atoms with E-state index in [1.54, 1.807) is 18.2 Å². The number of aromatic nitrogens is 2. The maximum absolute atomic E-state index is 14.3. The largest absolute Gasteiger partial charge is 0.479 e. The third-order valence-corrected chi connectivity index (χ3v) is 5.87. The molecule has 2 N–H and O–H groups in total. The highest BCUT2D eigenvalue weighted by molar-refractivity contribution is 6.00. The zero-order chi connectivity index (χ0) is 27.4. The summed E-state index contributed by atoms with van der Waals surface area (Å²) >= 11 is 0. The summed E-state index contributed by atoms with van der Waals surface area (Å²) in [4.78, 5) is 42.0. The number of amides is 1. The second kappa shape index (κ2) is 11.0. The summed E-state index contributed by atoms with van der Waals surface area (Å²) in [5.41, 5.74) is 1.37. The molecule has 1 aromatic carbocycles. The Morgan fingerprint density at radius 3 is 2.76 bits per heavy atom. The van der Waals surface area contributed by atoms with Crippen molar-refractivity contribution in [1.29, 1.82) is 0 Å². The van der Waals surface area contributed by atoms with Crippen LogP contribution in [0.15, 0.2) is 47.7 Å². The number of pyridine rings is 1. The second-order valence-corrected chi connectivity index (χ2v) is 8.40. The summed E-state index contributed by atoms with van der Waals surface area (Å²) in [6.07, 6.45) is -3.36. The van der Waals surface area contributed by atoms with Crippen LogP contribution < -0.4 is 4.74 Å². The number of aliphatic imine (C=N–C) groups is 1. The summed E-state index contributed by atoms with van der Waals surface area (Å²) in [6.45, 7) is 13.8. The normalized spacial score (nSPS) is 19.0. The quantitative estimate of drug-likeness (QED) is 0.334. The molecule has 1 fully saturated rings. The van der Waals surface area contributed by atoms with Crippen LogP contribution in [0.25, 0.3) is 20.6 Å². The standard InChI is InChI=1S/C25H19F3N6O4/c1-29-15-3-6-21(32-11-15)38-16-4-5-18-17(9-16)13(10-31-18)7-19(33-23(28)22(27)25(36)37)24(35)34-12-14(26)8-20(34)30-2/h3-6,9-11,14,19-20,22,31H,7-8,12H2,(H,36,37)/t14-,19-,20-,22?/m0/s1. The number of halogens is 3. The molecule has 0 bridgehead atoms. The Kier molecular flexibility index (Phi) is 7.58. The lowest BCUT2D eigenvalue weighted by molar-refractivity contribution is -0.140. The molecule has 38 heavy (non-hydrogen) atoms. The van der Waals surface area contributed by atoms with Crippen molar-refractivity contribution < 1.29 is 32.6 Å². The Hall–Kier alpha value is -4.91. The Morgan fingerprint density at radius 2 is 2.11 bits per heavy atom. The number of carbonyl (C=O) groups is 2. The molecule has 1 saturated heterocycles. The molecule has 3 heterocycles. The minimum absolute atomic E-state index is 0.219. The summed E-state index contributed by atoms with van der Waals surface area (Å²) in [5.74, 6) is -4.39. The van der Waals surface area contributed by atoms with Crippen molar-refractivity contribution in [2.24, 2.45) is 4.99 Å². The number of benzene rings is 1. The zero-order valence-corrected chi connectivity index (χ0v) is 19.5. The highest BCUT2D eigenvalue weighted by atomic mass is 19.2. The number of nitrogens with zero attached hydrogens (tertiary/aromatic N) is 5. The zero-order valence-electron chi connectivity index (χ0n) is 19.5. The van der Waals surface area contributed by atoms with Gasteiger partial charge in [0, 0.05) is 29.7 Å². The molecule has 3 aromatic rings. The van der Waals surface area contributed by atoms with Gasteiger partial charge in [-0.25, -0.2) is 35.0 Å². The van der Waals surface area contributed by atoms with Gasteiger partial charge in [-0.3, -0.25) is 14.5 Å². The van der Waals surface area contributed by atoms with Crippen molar-refractivity contribution in [2.75, 3.05) is 6.54 Å². The van der Waals surface area contributed by atoms with Gasteiger partial charge in [-0.1, -0.05) is 0 Å². The Morgan fingerprint density at radius 1 is 1.32 bits per heavy atom. The molecular weight excluding hydrogens is 505 g/mol. The molecular formula is C25H19F3N6O4. The van der Waals surface area contributed by atoms with Crippen LogP contribution in [0, 0.1) is 13.1 Å². The highest BCUT2D eigenvalue weighted by Gasteiger charge is 2.42. The van der Waals surface area contributed by atoms with E-state index in [0.717, 1.165) is 4.90 Å². The molecule has 0 aliphatic carbocycles. The van der Waals surface area contributed by atoms with Gasteiger partial charge in [-0.05, 0) is 35.9 Å². The third kappa shape index (κ3) is 5.57. The number of nitrogens with one attached hydrogen (secondary N) is 1. The van der Waals surface area contributed by atoms with Crippen LogP contribution in [0.1, 0.15) is 12.0 Å². The number of hydrogen-bond donors (Lipinski definition) is 2. The van der Waals surface area contributed by atoms with E-state index in [2.05, 4.69) is 24.7 Å². The second-order valence-electron chi connectivity index (χ2n) is 8.40. The number of hydrogen-bond acceptors (Lipinski definition) is 5. The molecule has 0 spiro atoms. The monoisotopic (exact) mass is 524 g/mol. The molecule has 1 aliphatic rings. The van der Waals surface area contributed by atoms with Crippen LogP contribution in [-0.4, -0.2) is 68.9 Å². The average Bonchev–Trinajstić information content (AvgIpc) is 3.50. The van der Waals surface area contributed by atoms with Crippen LogP contribution in [0.4, 0.5) is 18.9 Å². The SMILES string of the molecule is [C-]#[N+]c1ccc(Oc2ccc3[nH]cc(C[C@H](N=C(F)C(F)C(=O)O)C(=O)N4C[C@@H](F)C[C@H]4[N+]#[C-])c3c2)nc1. The number of fused-ring (bicyclic) bond motifs is 1. The number of rotatable bonds is 8. The van der Waals surface area contributed by atoms with E-state index in [0.29, 0.717) is 27.9 Å². The lowest BCUT2D eigenvalue weighted by atomic mass is 10.0. The van der Waals surface area contributed by atoms with Gasteiger partial charge in [0.25, 0.3) is 12.1 Å². The van der Waals surface area contributed by atoms with Gasteiger partial charge in [-0.15, -0.1) is 0 Å². The summed E-state index contributed by atoms with van der Waals surface area (Å²) in [7, 11) is 0. The van der Waals surface area contributed by atoms with Crippen molar-refractivity contribution in [3.63, 3.8) is 0 Å². The predicted octanol–water partition coefficient (Wildman–Crippen LogP) is 4.42. The number of aromatic amines is 1. The molecule has 4 atom stereocenters. The molecule has 1 unspecified atom stereocenters. The van der Waals surface area contributed by atoms with E-state index in [9.17, 15) is 22.8 Å². The number of aliphatic carboxylic acids is 1. The van der Waals surface area contributed by atoms with Crippen molar-refractivity contribution >= 4 is 34.4 Å². The molecule has 0 saturated carbocycles. The van der Waals surface area contributed by atoms with Gasteiger partial charge in [0.1, 0.15) is 18.0 Å². The van der Waals surface area contributed by atoms with Crippen LogP contribution in [0.5, 0.6) is 11.6 Å². The van der Waals surface area contributed by atoms with E-state index in [4.69, 9.17) is 23.0 Å². The number of alkyl halides is 2. The van der Waals surface area contributed by atoms with Gasteiger partial charge in [0.05, 0.1) is 19.5 Å². The molecule has 1 aliphatic heterocycles. The topological polar surface area (TPSA) is 117 Å². The van der Waals surface area contributed by atoms with Gasteiger partial charge >= 0.3 is 12.1 Å². The molecule has 0 radical (unpaired) electrons. The van der Waals surface area contributed by atoms with Crippen molar-refractivity contribution in [2.45, 2.75) is 37.4 Å². The van der Waals surface area contributed by atoms with Gasteiger partial charge in [0.2, 0.25) is 17.5 Å². The third-order valence-electron chi connectivity index (χ3n) is 5.87. The van der Waals surface area contributed by atoms with Crippen molar-refractivity contribution in [1.82, 2.24) is 14.9 Å². The maximum atomic E-state index is 14.3. The van der Waals surface area contributed by atoms with Crippen LogP contribution in [0.3, 0.4) is 0 Å². The Labute approximate surface area is 214 Å². The van der Waals surface area contributed by atoms with Crippen LogP contribution in [0.2, 0.25) is 0 Å². The fourth-order valence-corrected chi connectivity index (χ4v) is 4.04. The minimum atomic E-state index is -3.08. The van der Waals surface area contributed by atoms with Crippen molar-refractivity contribution in [3.05, 3.63) is 71.1 Å². The average molecular weight is 524 g/mol.